The molecule has 1 aliphatic heterocycles. The van der Waals surface area contributed by atoms with Crippen LogP contribution in [0.15, 0.2) is 66.7 Å². The highest BCUT2D eigenvalue weighted by Gasteiger charge is 2.29. The molecule has 0 atom stereocenters. The first-order valence-corrected chi connectivity index (χ1v) is 10.3. The smallest absolute Gasteiger partial charge is 0.269 e. The standard InChI is InChI=1S/C24H16ClFN4O3/c25-19-4-2-1-3-16(19)24(32)28-14-7-10-20-17(11-14)22-18(12-33-20)21(23(27)31)29-30(22)15-8-5-13(26)6-9-15/h1-11H,12H2,(H2,27,31)(H,28,32). The van der Waals surface area contributed by atoms with E-state index in [4.69, 9.17) is 22.1 Å². The van der Waals surface area contributed by atoms with Crippen molar-refractivity contribution in [3.05, 3.63) is 94.4 Å². The van der Waals surface area contributed by atoms with Crippen molar-refractivity contribution < 1.29 is 18.7 Å². The van der Waals surface area contributed by atoms with E-state index in [9.17, 15) is 14.0 Å². The zero-order chi connectivity index (χ0) is 23.1. The van der Waals surface area contributed by atoms with E-state index in [2.05, 4.69) is 10.4 Å². The van der Waals surface area contributed by atoms with Crippen LogP contribution in [0.2, 0.25) is 5.02 Å². The number of hydrogen-bond acceptors (Lipinski definition) is 4. The summed E-state index contributed by atoms with van der Waals surface area (Å²) in [4.78, 5) is 24.8. The maximum absolute atomic E-state index is 13.5. The van der Waals surface area contributed by atoms with Crippen LogP contribution in [0, 0.1) is 5.82 Å². The van der Waals surface area contributed by atoms with Crippen LogP contribution >= 0.6 is 11.6 Å². The summed E-state index contributed by atoms with van der Waals surface area (Å²) in [6.45, 7) is 0.0904. The summed E-state index contributed by atoms with van der Waals surface area (Å²) in [7, 11) is 0. The Bertz CT molecular complexity index is 1420. The molecule has 0 fully saturated rings. The lowest BCUT2D eigenvalue weighted by molar-refractivity contribution is 0.0990. The predicted octanol–water partition coefficient (Wildman–Crippen LogP) is 4.58. The van der Waals surface area contributed by atoms with Crippen LogP contribution in [0.25, 0.3) is 16.9 Å². The zero-order valence-corrected chi connectivity index (χ0v) is 17.8. The number of anilines is 1. The molecule has 0 saturated heterocycles. The number of amides is 2. The molecule has 2 amide bonds. The molecule has 164 valence electrons. The normalized spacial score (nSPS) is 11.8. The van der Waals surface area contributed by atoms with Gasteiger partial charge in [-0.25, -0.2) is 9.07 Å². The Hall–Kier alpha value is -4.17. The van der Waals surface area contributed by atoms with Crippen molar-refractivity contribution in [3.8, 4) is 22.7 Å². The minimum atomic E-state index is -0.706. The van der Waals surface area contributed by atoms with E-state index in [1.165, 1.54) is 16.8 Å². The Morgan fingerprint density at radius 1 is 1.09 bits per heavy atom. The van der Waals surface area contributed by atoms with Gasteiger partial charge in [0, 0.05) is 16.8 Å². The van der Waals surface area contributed by atoms with Crippen molar-refractivity contribution in [2.45, 2.75) is 6.61 Å². The minimum Gasteiger partial charge on any atom is -0.488 e. The van der Waals surface area contributed by atoms with E-state index < -0.39 is 11.7 Å². The summed E-state index contributed by atoms with van der Waals surface area (Å²) in [5, 5.41) is 7.53. The van der Waals surface area contributed by atoms with Crippen LogP contribution in [0.4, 0.5) is 10.1 Å². The Morgan fingerprint density at radius 2 is 1.85 bits per heavy atom. The fourth-order valence-electron chi connectivity index (χ4n) is 3.74. The SMILES string of the molecule is NC(=O)c1nn(-c2ccc(F)cc2)c2c1COc1ccc(NC(=O)c3ccccc3Cl)cc1-2. The lowest BCUT2D eigenvalue weighted by Crippen LogP contribution is -2.16. The van der Waals surface area contributed by atoms with E-state index in [1.807, 2.05) is 0 Å². The molecule has 9 heteroatoms. The summed E-state index contributed by atoms with van der Waals surface area (Å²) in [5.74, 6) is -0.939. The average Bonchev–Trinajstić information content (AvgIpc) is 3.20. The number of hydrogen-bond donors (Lipinski definition) is 2. The first-order valence-electron chi connectivity index (χ1n) is 9.93. The molecule has 1 aliphatic rings. The summed E-state index contributed by atoms with van der Waals surface area (Å²) < 4.78 is 20.8. The fraction of sp³-hybridized carbons (Fsp3) is 0.0417. The summed E-state index contributed by atoms with van der Waals surface area (Å²) >= 11 is 6.14. The van der Waals surface area contributed by atoms with Gasteiger partial charge in [-0.3, -0.25) is 9.59 Å². The zero-order valence-electron chi connectivity index (χ0n) is 17.0. The number of carbonyl (C=O) groups is 2. The monoisotopic (exact) mass is 462 g/mol. The van der Waals surface area contributed by atoms with Gasteiger partial charge in [0.25, 0.3) is 11.8 Å². The predicted molar refractivity (Wildman–Crippen MR) is 121 cm³/mol. The third kappa shape index (κ3) is 3.70. The first kappa shape index (κ1) is 20.7. The summed E-state index contributed by atoms with van der Waals surface area (Å²) in [5.41, 5.74) is 8.65. The van der Waals surface area contributed by atoms with Gasteiger partial charge >= 0.3 is 0 Å². The highest BCUT2D eigenvalue weighted by Crippen LogP contribution is 2.41. The number of rotatable bonds is 4. The molecular weight excluding hydrogens is 447 g/mol. The van der Waals surface area contributed by atoms with E-state index in [1.54, 1.807) is 54.6 Å². The van der Waals surface area contributed by atoms with E-state index in [-0.39, 0.29) is 18.2 Å². The fourth-order valence-corrected chi connectivity index (χ4v) is 3.96. The van der Waals surface area contributed by atoms with Crippen LogP contribution < -0.4 is 15.8 Å². The number of ether oxygens (including phenoxy) is 1. The Labute approximate surface area is 192 Å². The number of carbonyl (C=O) groups excluding carboxylic acids is 2. The second-order valence-corrected chi connectivity index (χ2v) is 7.77. The molecule has 4 aromatic rings. The third-order valence-corrected chi connectivity index (χ3v) is 5.60. The molecule has 3 N–H and O–H groups in total. The van der Waals surface area contributed by atoms with Gasteiger partial charge in [-0.1, -0.05) is 23.7 Å². The van der Waals surface area contributed by atoms with E-state index >= 15 is 0 Å². The molecule has 0 radical (unpaired) electrons. The number of nitrogens with two attached hydrogens (primary N) is 1. The highest BCUT2D eigenvalue weighted by atomic mass is 35.5. The number of benzene rings is 3. The molecule has 0 unspecified atom stereocenters. The van der Waals surface area contributed by atoms with Gasteiger partial charge in [-0.15, -0.1) is 0 Å². The molecule has 7 nitrogen and oxygen atoms in total. The molecule has 0 saturated carbocycles. The van der Waals surface area contributed by atoms with Gasteiger partial charge in [-0.2, -0.15) is 5.10 Å². The second kappa shape index (κ2) is 8.07. The van der Waals surface area contributed by atoms with Gasteiger partial charge < -0.3 is 15.8 Å². The van der Waals surface area contributed by atoms with Crippen LogP contribution in [0.3, 0.4) is 0 Å². The topological polar surface area (TPSA) is 99.2 Å². The molecule has 2 heterocycles. The summed E-state index contributed by atoms with van der Waals surface area (Å²) in [6.07, 6.45) is 0. The van der Waals surface area contributed by atoms with Gasteiger partial charge in [0.05, 0.1) is 22.0 Å². The Kier molecular flexibility index (Phi) is 5.07. The number of halogens is 2. The van der Waals surface area contributed by atoms with Crippen molar-refractivity contribution in [2.24, 2.45) is 5.73 Å². The quantitative estimate of drug-likeness (QED) is 0.464. The molecular formula is C24H16ClFN4O3. The number of primary amides is 1. The molecule has 0 spiro atoms. The van der Waals surface area contributed by atoms with Crippen LogP contribution in [-0.2, 0) is 6.61 Å². The Morgan fingerprint density at radius 3 is 2.58 bits per heavy atom. The average molecular weight is 463 g/mol. The van der Waals surface area contributed by atoms with Gasteiger partial charge in [0.2, 0.25) is 0 Å². The largest absolute Gasteiger partial charge is 0.488 e. The van der Waals surface area contributed by atoms with Crippen molar-refractivity contribution in [1.29, 1.82) is 0 Å². The van der Waals surface area contributed by atoms with Crippen LogP contribution in [-0.4, -0.2) is 21.6 Å². The summed E-state index contributed by atoms with van der Waals surface area (Å²) in [6, 6.07) is 17.5. The number of aromatic nitrogens is 2. The maximum atomic E-state index is 13.5. The van der Waals surface area contributed by atoms with Gasteiger partial charge in [0.15, 0.2) is 5.69 Å². The molecule has 3 aromatic carbocycles. The second-order valence-electron chi connectivity index (χ2n) is 7.36. The minimum absolute atomic E-state index is 0.0606. The number of nitrogens with one attached hydrogen (secondary N) is 1. The van der Waals surface area contributed by atoms with Crippen LogP contribution in [0.5, 0.6) is 5.75 Å². The molecule has 0 bridgehead atoms. The lowest BCUT2D eigenvalue weighted by atomic mass is 10.0. The van der Waals surface area contributed by atoms with Gasteiger partial charge in [-0.05, 0) is 54.6 Å². The first-order chi connectivity index (χ1) is 15.9. The van der Waals surface area contributed by atoms with E-state index in [0.29, 0.717) is 44.5 Å². The Balaban J connectivity index is 1.61. The number of nitrogens with zero attached hydrogens (tertiary/aromatic N) is 2. The highest BCUT2D eigenvalue weighted by molar-refractivity contribution is 6.34. The van der Waals surface area contributed by atoms with Crippen molar-refractivity contribution in [1.82, 2.24) is 9.78 Å². The number of fused-ring (bicyclic) bond motifs is 3. The molecule has 5 rings (SSSR count). The van der Waals surface area contributed by atoms with Gasteiger partial charge in [0.1, 0.15) is 18.2 Å². The molecule has 1 aromatic heterocycles. The van der Waals surface area contributed by atoms with Crippen LogP contribution in [0.1, 0.15) is 26.4 Å². The lowest BCUT2D eigenvalue weighted by Gasteiger charge is -2.21. The van der Waals surface area contributed by atoms with Crippen molar-refractivity contribution in [2.75, 3.05) is 5.32 Å². The molecule has 33 heavy (non-hydrogen) atoms. The molecule has 0 aliphatic carbocycles. The third-order valence-electron chi connectivity index (χ3n) is 5.27. The maximum Gasteiger partial charge on any atom is 0.269 e. The van der Waals surface area contributed by atoms with E-state index in [0.717, 1.165) is 0 Å². The van der Waals surface area contributed by atoms with Crippen molar-refractivity contribution >= 4 is 29.1 Å². The van der Waals surface area contributed by atoms with Crippen molar-refractivity contribution in [3.63, 3.8) is 0 Å².